The quantitative estimate of drug-likeness (QED) is 0.665. The van der Waals surface area contributed by atoms with Gasteiger partial charge in [0.2, 0.25) is 0 Å². The molecule has 2 rings (SSSR count). The van der Waals surface area contributed by atoms with Crippen molar-refractivity contribution in [1.29, 1.82) is 0 Å². The van der Waals surface area contributed by atoms with Gasteiger partial charge in [-0.2, -0.15) is 0 Å². The minimum absolute atomic E-state index is 0.826. The zero-order chi connectivity index (χ0) is 13.7. The smallest absolute Gasteiger partial charge is 0.193 e. The lowest BCUT2D eigenvalue weighted by molar-refractivity contribution is 0.373. The predicted octanol–water partition coefficient (Wildman–Crippen LogP) is 2.06. The van der Waals surface area contributed by atoms with Crippen LogP contribution in [-0.4, -0.2) is 50.6 Å². The Bertz CT molecular complexity index is 439. The maximum Gasteiger partial charge on any atom is 0.193 e. The highest BCUT2D eigenvalue weighted by Gasteiger charge is 2.20. The van der Waals surface area contributed by atoms with E-state index in [4.69, 9.17) is 11.6 Å². The summed E-state index contributed by atoms with van der Waals surface area (Å²) in [5, 5.41) is 4.13. The SMILES string of the molecule is CCNC(=NC)N1CCN(c2ccccc2Cl)CC1. The van der Waals surface area contributed by atoms with E-state index < -0.39 is 0 Å². The summed E-state index contributed by atoms with van der Waals surface area (Å²) in [6, 6.07) is 8.03. The van der Waals surface area contributed by atoms with E-state index in [0.717, 1.165) is 49.4 Å². The molecule has 0 spiro atoms. The molecular weight excluding hydrogens is 260 g/mol. The molecule has 0 radical (unpaired) electrons. The van der Waals surface area contributed by atoms with E-state index in [1.807, 2.05) is 25.2 Å². The number of halogens is 1. The number of benzene rings is 1. The molecule has 0 aliphatic carbocycles. The number of rotatable bonds is 2. The van der Waals surface area contributed by atoms with Crippen LogP contribution in [0.15, 0.2) is 29.3 Å². The van der Waals surface area contributed by atoms with Gasteiger partial charge in [-0.25, -0.2) is 0 Å². The van der Waals surface area contributed by atoms with Crippen molar-refractivity contribution in [3.63, 3.8) is 0 Å². The number of para-hydroxylation sites is 1. The highest BCUT2D eigenvalue weighted by molar-refractivity contribution is 6.33. The highest BCUT2D eigenvalue weighted by atomic mass is 35.5. The summed E-state index contributed by atoms with van der Waals surface area (Å²) >= 11 is 6.24. The Morgan fingerprint density at radius 2 is 1.95 bits per heavy atom. The molecule has 1 aliphatic rings. The van der Waals surface area contributed by atoms with Gasteiger partial charge in [0.15, 0.2) is 5.96 Å². The van der Waals surface area contributed by atoms with Crippen LogP contribution in [0.4, 0.5) is 5.69 Å². The van der Waals surface area contributed by atoms with E-state index in [1.54, 1.807) is 0 Å². The molecular formula is C14H21ClN4. The van der Waals surface area contributed by atoms with Gasteiger partial charge < -0.3 is 15.1 Å². The monoisotopic (exact) mass is 280 g/mol. The number of hydrogen-bond acceptors (Lipinski definition) is 2. The Hall–Kier alpha value is -1.42. The van der Waals surface area contributed by atoms with Crippen LogP contribution < -0.4 is 10.2 Å². The maximum absolute atomic E-state index is 6.24. The summed E-state index contributed by atoms with van der Waals surface area (Å²) in [5.74, 6) is 0.987. The van der Waals surface area contributed by atoms with Crippen molar-refractivity contribution in [1.82, 2.24) is 10.2 Å². The lowest BCUT2D eigenvalue weighted by atomic mass is 10.2. The number of nitrogens with zero attached hydrogens (tertiary/aromatic N) is 3. The van der Waals surface area contributed by atoms with Gasteiger partial charge in [-0.15, -0.1) is 0 Å². The Balaban J connectivity index is 1.98. The molecule has 0 aromatic heterocycles. The molecule has 104 valence electrons. The second kappa shape index (κ2) is 6.66. The van der Waals surface area contributed by atoms with Gasteiger partial charge >= 0.3 is 0 Å². The summed E-state index contributed by atoms with van der Waals surface area (Å²) in [6.07, 6.45) is 0. The third kappa shape index (κ3) is 3.32. The third-order valence-corrected chi connectivity index (χ3v) is 3.64. The molecule has 0 amide bonds. The topological polar surface area (TPSA) is 30.9 Å². The average Bonchev–Trinajstić information content (AvgIpc) is 2.46. The van der Waals surface area contributed by atoms with E-state index in [2.05, 4.69) is 33.1 Å². The van der Waals surface area contributed by atoms with Gasteiger partial charge in [0.05, 0.1) is 10.7 Å². The lowest BCUT2D eigenvalue weighted by Gasteiger charge is -2.37. The standard InChI is InChI=1S/C14H21ClN4/c1-3-17-14(16-2)19-10-8-18(9-11-19)13-7-5-4-6-12(13)15/h4-7H,3,8-11H2,1-2H3,(H,16,17). The molecule has 1 N–H and O–H groups in total. The number of piperazine rings is 1. The van der Waals surface area contributed by atoms with Crippen LogP contribution in [0, 0.1) is 0 Å². The molecule has 0 bridgehead atoms. The van der Waals surface area contributed by atoms with E-state index in [9.17, 15) is 0 Å². The van der Waals surface area contributed by atoms with Crippen LogP contribution in [-0.2, 0) is 0 Å². The number of hydrogen-bond donors (Lipinski definition) is 1. The van der Waals surface area contributed by atoms with E-state index >= 15 is 0 Å². The second-order valence-electron chi connectivity index (χ2n) is 4.50. The number of nitrogens with one attached hydrogen (secondary N) is 1. The van der Waals surface area contributed by atoms with Crippen molar-refractivity contribution in [3.05, 3.63) is 29.3 Å². The Kier molecular flexibility index (Phi) is 4.91. The van der Waals surface area contributed by atoms with Crippen LogP contribution >= 0.6 is 11.6 Å². The van der Waals surface area contributed by atoms with Gasteiger partial charge in [-0.3, -0.25) is 4.99 Å². The summed E-state index contributed by atoms with van der Waals surface area (Å²) in [4.78, 5) is 8.92. The first-order valence-electron chi connectivity index (χ1n) is 6.71. The Morgan fingerprint density at radius 3 is 2.53 bits per heavy atom. The third-order valence-electron chi connectivity index (χ3n) is 3.32. The fourth-order valence-electron chi connectivity index (χ4n) is 2.36. The van der Waals surface area contributed by atoms with Gasteiger partial charge in [-0.1, -0.05) is 23.7 Å². The molecule has 1 aliphatic heterocycles. The van der Waals surface area contributed by atoms with Crippen LogP contribution in [0.25, 0.3) is 0 Å². The fourth-order valence-corrected chi connectivity index (χ4v) is 2.61. The summed E-state index contributed by atoms with van der Waals surface area (Å²) in [5.41, 5.74) is 1.13. The van der Waals surface area contributed by atoms with Gasteiger partial charge in [0.25, 0.3) is 0 Å². The van der Waals surface area contributed by atoms with Crippen molar-refractivity contribution in [3.8, 4) is 0 Å². The molecule has 1 aromatic rings. The van der Waals surface area contributed by atoms with E-state index in [-0.39, 0.29) is 0 Å². The summed E-state index contributed by atoms with van der Waals surface area (Å²) in [7, 11) is 1.83. The molecule has 0 unspecified atom stereocenters. The van der Waals surface area contributed by atoms with Crippen molar-refractivity contribution in [2.24, 2.45) is 4.99 Å². The lowest BCUT2D eigenvalue weighted by Crippen LogP contribution is -2.52. The molecule has 5 heteroatoms. The second-order valence-corrected chi connectivity index (χ2v) is 4.91. The minimum Gasteiger partial charge on any atom is -0.367 e. The van der Waals surface area contributed by atoms with Crippen molar-refractivity contribution in [2.45, 2.75) is 6.92 Å². The van der Waals surface area contributed by atoms with Crippen LogP contribution in [0.2, 0.25) is 5.02 Å². The van der Waals surface area contributed by atoms with Crippen molar-refractivity contribution < 1.29 is 0 Å². The zero-order valence-corrected chi connectivity index (χ0v) is 12.3. The molecule has 0 saturated carbocycles. The zero-order valence-electron chi connectivity index (χ0n) is 11.6. The average molecular weight is 281 g/mol. The molecule has 0 atom stereocenters. The first kappa shape index (κ1) is 14.0. The minimum atomic E-state index is 0.826. The first-order valence-corrected chi connectivity index (χ1v) is 7.09. The first-order chi connectivity index (χ1) is 9.26. The largest absolute Gasteiger partial charge is 0.367 e. The van der Waals surface area contributed by atoms with E-state index in [0.29, 0.717) is 0 Å². The number of aliphatic imine (C=N–C) groups is 1. The van der Waals surface area contributed by atoms with Crippen LogP contribution in [0.3, 0.4) is 0 Å². The van der Waals surface area contributed by atoms with Gasteiger partial charge in [-0.05, 0) is 19.1 Å². The molecule has 4 nitrogen and oxygen atoms in total. The molecule has 1 aromatic carbocycles. The molecule has 19 heavy (non-hydrogen) atoms. The van der Waals surface area contributed by atoms with Crippen LogP contribution in [0.1, 0.15) is 6.92 Å². The Morgan fingerprint density at radius 1 is 1.26 bits per heavy atom. The molecule has 1 fully saturated rings. The van der Waals surface area contributed by atoms with E-state index in [1.165, 1.54) is 0 Å². The highest BCUT2D eigenvalue weighted by Crippen LogP contribution is 2.25. The molecule has 1 heterocycles. The predicted molar refractivity (Wildman–Crippen MR) is 82.3 cm³/mol. The van der Waals surface area contributed by atoms with Gasteiger partial charge in [0, 0.05) is 39.8 Å². The van der Waals surface area contributed by atoms with Gasteiger partial charge in [0.1, 0.15) is 0 Å². The number of anilines is 1. The summed E-state index contributed by atoms with van der Waals surface area (Å²) < 4.78 is 0. The normalized spacial score (nSPS) is 16.7. The fraction of sp³-hybridized carbons (Fsp3) is 0.500. The van der Waals surface area contributed by atoms with Crippen molar-refractivity contribution >= 4 is 23.2 Å². The maximum atomic E-state index is 6.24. The van der Waals surface area contributed by atoms with Crippen molar-refractivity contribution in [2.75, 3.05) is 44.7 Å². The van der Waals surface area contributed by atoms with Crippen LogP contribution in [0.5, 0.6) is 0 Å². The molecule has 1 saturated heterocycles. The summed E-state index contributed by atoms with van der Waals surface area (Å²) in [6.45, 7) is 6.85. The Labute approximate surface area is 120 Å². The number of guanidine groups is 1.